The van der Waals surface area contributed by atoms with Crippen LogP contribution in [0.5, 0.6) is 0 Å². The Bertz CT molecular complexity index is 1040. The van der Waals surface area contributed by atoms with Crippen molar-refractivity contribution >= 4 is 28.3 Å². The van der Waals surface area contributed by atoms with Crippen molar-refractivity contribution in [2.24, 2.45) is 0 Å². The van der Waals surface area contributed by atoms with Crippen molar-refractivity contribution in [3.05, 3.63) is 89.1 Å². The van der Waals surface area contributed by atoms with Gasteiger partial charge in [0.15, 0.2) is 5.78 Å². The minimum absolute atomic E-state index is 0.0735. The van der Waals surface area contributed by atoms with Crippen molar-refractivity contribution in [1.82, 2.24) is 9.97 Å². The van der Waals surface area contributed by atoms with E-state index in [1.54, 1.807) is 30.5 Å². The quantitative estimate of drug-likeness (QED) is 0.529. The molecule has 4 rings (SSSR count). The Morgan fingerprint density at radius 1 is 0.958 bits per heavy atom. The number of hydrogen-bond donors (Lipinski definition) is 1. The van der Waals surface area contributed by atoms with Gasteiger partial charge in [-0.2, -0.15) is 0 Å². The van der Waals surface area contributed by atoms with Crippen LogP contribution in [0.2, 0.25) is 5.02 Å². The predicted molar refractivity (Wildman–Crippen MR) is 96.4 cm³/mol. The largest absolute Gasteiger partial charge is 0.353 e. The molecule has 3 nitrogen and oxygen atoms in total. The third kappa shape index (κ3) is 2.49. The number of benzene rings is 2. The molecule has 2 heterocycles. The Morgan fingerprint density at radius 2 is 1.79 bits per heavy atom. The highest BCUT2D eigenvalue weighted by atomic mass is 35.5. The number of rotatable bonds is 3. The fourth-order valence-corrected chi connectivity index (χ4v) is 3.04. The Labute approximate surface area is 143 Å². The maximum Gasteiger partial charge on any atom is 0.195 e. The first kappa shape index (κ1) is 14.7. The molecule has 1 N–H and O–H groups in total. The number of carbonyl (C=O) groups excluding carboxylic acids is 1. The molecule has 2 aromatic heterocycles. The second-order valence-electron chi connectivity index (χ2n) is 5.48. The van der Waals surface area contributed by atoms with Crippen LogP contribution in [0, 0.1) is 0 Å². The molecule has 4 heteroatoms. The Kier molecular flexibility index (Phi) is 3.63. The van der Waals surface area contributed by atoms with E-state index >= 15 is 0 Å². The minimum Gasteiger partial charge on any atom is -0.353 e. The SMILES string of the molecule is O=C(c1cccc(Cl)c1)c1c(-c2ccccn2)[nH]c2ccccc12. The lowest BCUT2D eigenvalue weighted by Gasteiger charge is -2.05. The molecule has 0 spiro atoms. The molecule has 116 valence electrons. The van der Waals surface area contributed by atoms with Crippen molar-refractivity contribution < 1.29 is 4.79 Å². The molecule has 0 aliphatic rings. The smallest absolute Gasteiger partial charge is 0.195 e. The number of carbonyl (C=O) groups is 1. The molecule has 2 aromatic carbocycles. The van der Waals surface area contributed by atoms with E-state index < -0.39 is 0 Å². The van der Waals surface area contributed by atoms with E-state index in [9.17, 15) is 4.79 Å². The summed E-state index contributed by atoms with van der Waals surface area (Å²) >= 11 is 6.05. The lowest BCUT2D eigenvalue weighted by atomic mass is 9.99. The summed E-state index contributed by atoms with van der Waals surface area (Å²) in [5.74, 6) is -0.0735. The van der Waals surface area contributed by atoms with Gasteiger partial charge in [-0.3, -0.25) is 9.78 Å². The van der Waals surface area contributed by atoms with Crippen LogP contribution in [0.4, 0.5) is 0 Å². The predicted octanol–water partition coefficient (Wildman–Crippen LogP) is 5.11. The lowest BCUT2D eigenvalue weighted by Crippen LogP contribution is -2.03. The Balaban J connectivity index is 1.98. The number of fused-ring (bicyclic) bond motifs is 1. The van der Waals surface area contributed by atoms with Gasteiger partial charge in [0.2, 0.25) is 0 Å². The van der Waals surface area contributed by atoms with E-state index in [1.807, 2.05) is 42.5 Å². The van der Waals surface area contributed by atoms with E-state index in [0.717, 1.165) is 22.3 Å². The van der Waals surface area contributed by atoms with Crippen LogP contribution in [-0.4, -0.2) is 15.8 Å². The van der Waals surface area contributed by atoms with Crippen molar-refractivity contribution in [3.63, 3.8) is 0 Å². The third-order valence-corrected chi connectivity index (χ3v) is 4.18. The zero-order chi connectivity index (χ0) is 16.5. The number of hydrogen-bond acceptors (Lipinski definition) is 2. The van der Waals surface area contributed by atoms with Gasteiger partial charge in [0, 0.05) is 27.7 Å². The van der Waals surface area contributed by atoms with E-state index in [2.05, 4.69) is 9.97 Å². The molecule has 0 bridgehead atoms. The third-order valence-electron chi connectivity index (χ3n) is 3.94. The number of nitrogens with one attached hydrogen (secondary N) is 1. The molecule has 0 aliphatic heterocycles. The van der Waals surface area contributed by atoms with E-state index in [0.29, 0.717) is 16.1 Å². The van der Waals surface area contributed by atoms with Crippen molar-refractivity contribution in [2.75, 3.05) is 0 Å². The molecule has 0 fully saturated rings. The fraction of sp³-hybridized carbons (Fsp3) is 0. The normalized spacial score (nSPS) is 10.9. The molecule has 0 amide bonds. The number of ketones is 1. The minimum atomic E-state index is -0.0735. The number of para-hydroxylation sites is 1. The number of pyridine rings is 1. The van der Waals surface area contributed by atoms with Crippen LogP contribution in [0.1, 0.15) is 15.9 Å². The maximum atomic E-state index is 13.2. The van der Waals surface area contributed by atoms with Gasteiger partial charge >= 0.3 is 0 Å². The average molecular weight is 333 g/mol. The second kappa shape index (κ2) is 5.95. The van der Waals surface area contributed by atoms with Gasteiger partial charge in [-0.15, -0.1) is 0 Å². The average Bonchev–Trinajstić information content (AvgIpc) is 3.01. The zero-order valence-electron chi connectivity index (χ0n) is 12.7. The molecule has 0 atom stereocenters. The van der Waals surface area contributed by atoms with Gasteiger partial charge < -0.3 is 4.98 Å². The molecule has 4 aromatic rings. The summed E-state index contributed by atoms with van der Waals surface area (Å²) in [7, 11) is 0. The van der Waals surface area contributed by atoms with Crippen molar-refractivity contribution in [2.45, 2.75) is 0 Å². The summed E-state index contributed by atoms with van der Waals surface area (Å²) < 4.78 is 0. The first-order chi connectivity index (χ1) is 11.7. The second-order valence-corrected chi connectivity index (χ2v) is 5.91. The molecule has 0 unspecified atom stereocenters. The van der Waals surface area contributed by atoms with Crippen LogP contribution in [0.3, 0.4) is 0 Å². The van der Waals surface area contributed by atoms with Crippen LogP contribution in [0.25, 0.3) is 22.3 Å². The number of aromatic nitrogens is 2. The summed E-state index contributed by atoms with van der Waals surface area (Å²) in [6.45, 7) is 0. The highest BCUT2D eigenvalue weighted by Gasteiger charge is 2.21. The summed E-state index contributed by atoms with van der Waals surface area (Å²) in [6.07, 6.45) is 1.72. The monoisotopic (exact) mass is 332 g/mol. The molecule has 0 radical (unpaired) electrons. The lowest BCUT2D eigenvalue weighted by molar-refractivity contribution is 0.104. The highest BCUT2D eigenvalue weighted by Crippen LogP contribution is 2.31. The first-order valence-electron chi connectivity index (χ1n) is 7.56. The fourth-order valence-electron chi connectivity index (χ4n) is 2.85. The maximum absolute atomic E-state index is 13.2. The van der Waals surface area contributed by atoms with Crippen LogP contribution in [0.15, 0.2) is 72.9 Å². The highest BCUT2D eigenvalue weighted by molar-refractivity contribution is 6.31. The standard InChI is InChI=1S/C20H13ClN2O/c21-14-7-5-6-13(12-14)20(24)18-15-8-1-2-9-16(15)23-19(18)17-10-3-4-11-22-17/h1-12,23H. The van der Waals surface area contributed by atoms with Crippen molar-refractivity contribution in [3.8, 4) is 11.4 Å². The summed E-state index contributed by atoms with van der Waals surface area (Å²) in [6, 6.07) is 20.4. The summed E-state index contributed by atoms with van der Waals surface area (Å²) in [5.41, 5.74) is 3.54. The molecule has 0 saturated heterocycles. The van der Waals surface area contributed by atoms with Gasteiger partial charge in [0.25, 0.3) is 0 Å². The van der Waals surface area contributed by atoms with Crippen molar-refractivity contribution in [1.29, 1.82) is 0 Å². The molecular formula is C20H13ClN2O. The first-order valence-corrected chi connectivity index (χ1v) is 7.94. The van der Waals surface area contributed by atoms with Gasteiger partial charge in [-0.05, 0) is 30.3 Å². The Hall–Kier alpha value is -2.91. The van der Waals surface area contributed by atoms with E-state index in [4.69, 9.17) is 11.6 Å². The zero-order valence-corrected chi connectivity index (χ0v) is 13.4. The molecule has 0 aliphatic carbocycles. The van der Waals surface area contributed by atoms with Crippen LogP contribution >= 0.6 is 11.6 Å². The molecular weight excluding hydrogens is 320 g/mol. The molecule has 0 saturated carbocycles. The van der Waals surface area contributed by atoms with Gasteiger partial charge in [-0.1, -0.05) is 48.0 Å². The van der Waals surface area contributed by atoms with E-state index in [1.165, 1.54) is 0 Å². The van der Waals surface area contributed by atoms with Gasteiger partial charge in [0.1, 0.15) is 0 Å². The van der Waals surface area contributed by atoms with Gasteiger partial charge in [0.05, 0.1) is 17.0 Å². The number of halogens is 1. The Morgan fingerprint density at radius 3 is 2.58 bits per heavy atom. The number of H-pyrrole nitrogens is 1. The summed E-state index contributed by atoms with van der Waals surface area (Å²) in [4.78, 5) is 20.9. The summed E-state index contributed by atoms with van der Waals surface area (Å²) in [5, 5.41) is 1.42. The van der Waals surface area contributed by atoms with E-state index in [-0.39, 0.29) is 5.78 Å². The van der Waals surface area contributed by atoms with Crippen LogP contribution < -0.4 is 0 Å². The van der Waals surface area contributed by atoms with Crippen LogP contribution in [-0.2, 0) is 0 Å². The topological polar surface area (TPSA) is 45.8 Å². The number of aromatic amines is 1. The number of nitrogens with zero attached hydrogens (tertiary/aromatic N) is 1. The molecule has 24 heavy (non-hydrogen) atoms. The van der Waals surface area contributed by atoms with Gasteiger partial charge in [-0.25, -0.2) is 0 Å².